The van der Waals surface area contributed by atoms with E-state index >= 15 is 0 Å². The molecule has 146 valence electrons. The minimum atomic E-state index is -3.57. The summed E-state index contributed by atoms with van der Waals surface area (Å²) in [6.07, 6.45) is 5.14. The van der Waals surface area contributed by atoms with Gasteiger partial charge in [-0.05, 0) is 43.0 Å². The number of carbonyl (C=O) groups is 1. The number of carbonyl (C=O) groups excluding carboxylic acids is 1. The number of aromatic nitrogens is 2. The van der Waals surface area contributed by atoms with Crippen LogP contribution >= 0.6 is 11.6 Å². The monoisotopic (exact) mass is 417 g/mol. The fourth-order valence-electron chi connectivity index (χ4n) is 3.80. The predicted molar refractivity (Wildman–Crippen MR) is 108 cm³/mol. The maximum atomic E-state index is 13.3. The quantitative estimate of drug-likeness (QED) is 0.653. The summed E-state index contributed by atoms with van der Waals surface area (Å²) in [6, 6.07) is 12.8. The van der Waals surface area contributed by atoms with Gasteiger partial charge in [0.2, 0.25) is 15.0 Å². The number of amides is 1. The summed E-state index contributed by atoms with van der Waals surface area (Å²) in [6.45, 7) is 0.619. The van der Waals surface area contributed by atoms with Crippen LogP contribution in [0.1, 0.15) is 28.9 Å². The number of hydrogen-bond acceptors (Lipinski definition) is 4. The summed E-state index contributed by atoms with van der Waals surface area (Å²) >= 11 is 6.29. The second-order valence-corrected chi connectivity index (χ2v) is 9.38. The van der Waals surface area contributed by atoms with E-state index in [0.29, 0.717) is 23.5 Å². The van der Waals surface area contributed by atoms with Gasteiger partial charge in [0.05, 0.1) is 5.52 Å². The van der Waals surface area contributed by atoms with E-state index in [1.54, 1.807) is 29.3 Å². The van der Waals surface area contributed by atoms with Gasteiger partial charge in [0.1, 0.15) is 0 Å². The number of imidazole rings is 1. The highest BCUT2D eigenvalue weighted by atomic mass is 35.5. The molecule has 0 aliphatic carbocycles. The molecule has 1 aromatic carbocycles. The molecule has 8 heteroatoms. The van der Waals surface area contributed by atoms with Crippen molar-refractivity contribution in [1.82, 2.24) is 14.3 Å². The molecule has 28 heavy (non-hydrogen) atoms. The third-order valence-corrected chi connectivity index (χ3v) is 6.42. The summed E-state index contributed by atoms with van der Waals surface area (Å²) < 4.78 is 25.7. The van der Waals surface area contributed by atoms with E-state index in [4.69, 9.17) is 11.6 Å². The number of halogens is 1. The van der Waals surface area contributed by atoms with Crippen molar-refractivity contribution in [2.75, 3.05) is 12.8 Å². The Labute approximate surface area is 168 Å². The Morgan fingerprint density at radius 2 is 1.96 bits per heavy atom. The standard InChI is InChI=1S/C20H20ClN3O3S/c1-28(26,27)20-22-18(17-10-4-5-11-24(17)20)19(25)23-12-6-8-15(23)13-14-7-2-3-9-16(14)21/h2-5,7,9-11,15H,6,8,12-13H2,1H3. The van der Waals surface area contributed by atoms with Crippen molar-refractivity contribution < 1.29 is 13.2 Å². The van der Waals surface area contributed by atoms with Gasteiger partial charge in [-0.15, -0.1) is 0 Å². The Morgan fingerprint density at radius 1 is 1.21 bits per heavy atom. The number of hydrogen-bond donors (Lipinski definition) is 0. The minimum absolute atomic E-state index is 0.00884. The fraction of sp³-hybridized carbons (Fsp3) is 0.300. The summed E-state index contributed by atoms with van der Waals surface area (Å²) in [5, 5.41) is 0.571. The summed E-state index contributed by atoms with van der Waals surface area (Å²) in [4.78, 5) is 19.3. The maximum absolute atomic E-state index is 13.3. The number of nitrogens with zero attached hydrogens (tertiary/aromatic N) is 3. The van der Waals surface area contributed by atoms with Crippen LogP contribution in [0.2, 0.25) is 5.02 Å². The molecular weight excluding hydrogens is 398 g/mol. The summed E-state index contributed by atoms with van der Waals surface area (Å²) in [5.74, 6) is -0.242. The van der Waals surface area contributed by atoms with Gasteiger partial charge in [0.15, 0.2) is 5.69 Å². The topological polar surface area (TPSA) is 71.7 Å². The molecule has 0 radical (unpaired) electrons. The highest BCUT2D eigenvalue weighted by Gasteiger charge is 2.33. The second kappa shape index (κ2) is 7.22. The largest absolute Gasteiger partial charge is 0.334 e. The van der Waals surface area contributed by atoms with Crippen LogP contribution in [0.15, 0.2) is 53.8 Å². The van der Waals surface area contributed by atoms with E-state index in [9.17, 15) is 13.2 Å². The van der Waals surface area contributed by atoms with Crippen LogP contribution in [0.5, 0.6) is 0 Å². The lowest BCUT2D eigenvalue weighted by Crippen LogP contribution is -2.37. The van der Waals surface area contributed by atoms with Gasteiger partial charge in [-0.3, -0.25) is 9.20 Å². The van der Waals surface area contributed by atoms with Crippen molar-refractivity contribution in [3.05, 3.63) is 64.9 Å². The molecule has 2 aromatic heterocycles. The SMILES string of the molecule is CS(=O)(=O)c1nc(C(=O)N2CCCC2Cc2ccccc2Cl)c2ccccn12. The van der Waals surface area contributed by atoms with Crippen LogP contribution in [0.4, 0.5) is 0 Å². The van der Waals surface area contributed by atoms with Crippen LogP contribution in [0.25, 0.3) is 5.52 Å². The van der Waals surface area contributed by atoms with Gasteiger partial charge in [0.25, 0.3) is 5.91 Å². The highest BCUT2D eigenvalue weighted by Crippen LogP contribution is 2.27. The Hall–Kier alpha value is -2.38. The number of likely N-dealkylation sites (tertiary alicyclic amines) is 1. The number of pyridine rings is 1. The third-order valence-electron chi connectivity index (χ3n) is 5.10. The molecule has 3 aromatic rings. The minimum Gasteiger partial charge on any atom is -0.334 e. The van der Waals surface area contributed by atoms with E-state index in [-0.39, 0.29) is 22.8 Å². The first kappa shape index (κ1) is 19.0. The number of sulfone groups is 1. The molecule has 1 aliphatic heterocycles. The summed E-state index contributed by atoms with van der Waals surface area (Å²) in [5.41, 5.74) is 1.67. The lowest BCUT2D eigenvalue weighted by atomic mass is 10.0. The second-order valence-electron chi connectivity index (χ2n) is 7.06. The smallest absolute Gasteiger partial charge is 0.275 e. The van der Waals surface area contributed by atoms with Gasteiger partial charge in [0, 0.05) is 30.1 Å². The van der Waals surface area contributed by atoms with Crippen molar-refractivity contribution in [2.45, 2.75) is 30.5 Å². The molecule has 0 N–H and O–H groups in total. The number of fused-ring (bicyclic) bond motifs is 1. The molecule has 1 unspecified atom stereocenters. The van der Waals surface area contributed by atoms with Crippen molar-refractivity contribution in [3.8, 4) is 0 Å². The molecular formula is C20H20ClN3O3S. The molecule has 1 atom stereocenters. The van der Waals surface area contributed by atoms with Gasteiger partial charge >= 0.3 is 0 Å². The molecule has 1 amide bonds. The van der Waals surface area contributed by atoms with Crippen LogP contribution in [0, 0.1) is 0 Å². The molecule has 1 aliphatic rings. The zero-order chi connectivity index (χ0) is 19.9. The Balaban J connectivity index is 1.70. The molecule has 0 saturated carbocycles. The van der Waals surface area contributed by atoms with Crippen molar-refractivity contribution >= 4 is 32.9 Å². The maximum Gasteiger partial charge on any atom is 0.275 e. The Bertz CT molecular complexity index is 1160. The van der Waals surface area contributed by atoms with Gasteiger partial charge < -0.3 is 4.90 Å². The van der Waals surface area contributed by atoms with Crippen molar-refractivity contribution in [3.63, 3.8) is 0 Å². The van der Waals surface area contributed by atoms with Crippen molar-refractivity contribution in [2.24, 2.45) is 0 Å². The van der Waals surface area contributed by atoms with Crippen LogP contribution in [0.3, 0.4) is 0 Å². The first-order chi connectivity index (χ1) is 13.4. The molecule has 6 nitrogen and oxygen atoms in total. The van der Waals surface area contributed by atoms with Crippen LogP contribution < -0.4 is 0 Å². The predicted octanol–water partition coefficient (Wildman–Crippen LogP) is 3.24. The average Bonchev–Trinajstić information content (AvgIpc) is 3.27. The van der Waals surface area contributed by atoms with E-state index < -0.39 is 9.84 Å². The van der Waals surface area contributed by atoms with Crippen LogP contribution in [-0.2, 0) is 16.3 Å². The molecule has 1 fully saturated rings. The number of rotatable bonds is 4. The normalized spacial score (nSPS) is 17.4. The van der Waals surface area contributed by atoms with Crippen molar-refractivity contribution in [1.29, 1.82) is 0 Å². The highest BCUT2D eigenvalue weighted by molar-refractivity contribution is 7.90. The zero-order valence-corrected chi connectivity index (χ0v) is 16.9. The molecule has 0 bridgehead atoms. The van der Waals surface area contributed by atoms with E-state index in [1.807, 2.05) is 24.3 Å². The molecule has 0 spiro atoms. The van der Waals surface area contributed by atoms with Gasteiger partial charge in [-0.25, -0.2) is 13.4 Å². The first-order valence-corrected chi connectivity index (χ1v) is 11.3. The fourth-order valence-corrected chi connectivity index (χ4v) is 4.78. The Morgan fingerprint density at radius 3 is 2.71 bits per heavy atom. The summed E-state index contributed by atoms with van der Waals surface area (Å²) in [7, 11) is -3.57. The lowest BCUT2D eigenvalue weighted by Gasteiger charge is -2.24. The Kier molecular flexibility index (Phi) is 4.89. The van der Waals surface area contributed by atoms with Gasteiger partial charge in [-0.1, -0.05) is 35.9 Å². The van der Waals surface area contributed by atoms with E-state index in [2.05, 4.69) is 4.98 Å². The first-order valence-electron chi connectivity index (χ1n) is 9.08. The van der Waals surface area contributed by atoms with E-state index in [0.717, 1.165) is 24.7 Å². The van der Waals surface area contributed by atoms with Crippen LogP contribution in [-0.4, -0.2) is 47.5 Å². The van der Waals surface area contributed by atoms with Gasteiger partial charge in [-0.2, -0.15) is 0 Å². The molecule has 4 rings (SSSR count). The zero-order valence-electron chi connectivity index (χ0n) is 15.4. The molecule has 1 saturated heterocycles. The average molecular weight is 418 g/mol. The lowest BCUT2D eigenvalue weighted by molar-refractivity contribution is 0.0732. The van der Waals surface area contributed by atoms with E-state index in [1.165, 1.54) is 4.40 Å². The third kappa shape index (κ3) is 3.40. The number of benzene rings is 1. The molecule has 3 heterocycles.